The van der Waals surface area contributed by atoms with Crippen LogP contribution in [0.3, 0.4) is 0 Å². The molecule has 2 aromatic carbocycles. The Kier molecular flexibility index (Phi) is 4.80. The van der Waals surface area contributed by atoms with Crippen LogP contribution in [0.5, 0.6) is 0 Å². The Morgan fingerprint density at radius 3 is 2.67 bits per heavy atom. The van der Waals surface area contributed by atoms with E-state index in [-0.39, 0.29) is 0 Å². The maximum atomic E-state index is 6.09. The van der Waals surface area contributed by atoms with Gasteiger partial charge in [0, 0.05) is 48.8 Å². The first-order valence-electron chi connectivity index (χ1n) is 10.2. The third-order valence-electron chi connectivity index (χ3n) is 5.60. The smallest absolute Gasteiger partial charge is 0.181 e. The second kappa shape index (κ2) is 7.76. The molecule has 0 unspecified atom stereocenters. The molecule has 0 atom stereocenters. The highest BCUT2D eigenvalue weighted by atomic mass is 16.5. The zero-order valence-corrected chi connectivity index (χ0v) is 17.0. The van der Waals surface area contributed by atoms with Crippen LogP contribution in [0, 0.1) is 6.92 Å². The van der Waals surface area contributed by atoms with Crippen molar-refractivity contribution in [1.82, 2.24) is 19.6 Å². The quantitative estimate of drug-likeness (QED) is 0.530. The van der Waals surface area contributed by atoms with Crippen LogP contribution in [0.1, 0.15) is 17.0 Å². The summed E-state index contributed by atoms with van der Waals surface area (Å²) in [6.07, 6.45) is 4.25. The normalized spacial score (nSPS) is 14.4. The molecule has 1 fully saturated rings. The molecule has 1 aliphatic rings. The number of nitrogens with two attached hydrogens (primary N) is 1. The van der Waals surface area contributed by atoms with E-state index in [1.54, 1.807) is 10.7 Å². The zero-order chi connectivity index (χ0) is 20.5. The fraction of sp³-hybridized carbons (Fsp3) is 0.261. The molecule has 4 aromatic rings. The summed E-state index contributed by atoms with van der Waals surface area (Å²) >= 11 is 0. The minimum Gasteiger partial charge on any atom is -0.398 e. The zero-order valence-electron chi connectivity index (χ0n) is 17.0. The van der Waals surface area contributed by atoms with E-state index in [4.69, 9.17) is 15.5 Å². The largest absolute Gasteiger partial charge is 0.398 e. The maximum Gasteiger partial charge on any atom is 0.181 e. The number of nitrogen functional groups attached to an aromatic ring is 1. The highest BCUT2D eigenvalue weighted by Crippen LogP contribution is 2.28. The van der Waals surface area contributed by atoms with Crippen molar-refractivity contribution in [2.24, 2.45) is 0 Å². The predicted octanol–water partition coefficient (Wildman–Crippen LogP) is 3.11. The van der Waals surface area contributed by atoms with Crippen LogP contribution < -0.4 is 10.6 Å². The average molecular weight is 400 g/mol. The van der Waals surface area contributed by atoms with Gasteiger partial charge in [0.25, 0.3) is 0 Å². The highest BCUT2D eigenvalue weighted by Gasteiger charge is 2.15. The first-order chi connectivity index (χ1) is 14.7. The van der Waals surface area contributed by atoms with Gasteiger partial charge in [0.2, 0.25) is 0 Å². The molecule has 3 heterocycles. The Labute approximate surface area is 175 Å². The van der Waals surface area contributed by atoms with E-state index in [9.17, 15) is 0 Å². The lowest BCUT2D eigenvalue weighted by molar-refractivity contribution is 0.122. The van der Waals surface area contributed by atoms with Gasteiger partial charge in [-0.25, -0.2) is 9.50 Å². The van der Waals surface area contributed by atoms with E-state index < -0.39 is 0 Å². The molecule has 0 bridgehead atoms. The number of ether oxygens (including phenoxy) is 1. The second-order valence-corrected chi connectivity index (χ2v) is 7.53. The van der Waals surface area contributed by atoms with Crippen molar-refractivity contribution in [2.45, 2.75) is 13.3 Å². The Bertz CT molecular complexity index is 1180. The summed E-state index contributed by atoms with van der Waals surface area (Å²) in [5, 5.41) is 4.67. The molecule has 0 spiro atoms. The van der Waals surface area contributed by atoms with Crippen LogP contribution in [0.4, 0.5) is 11.4 Å². The van der Waals surface area contributed by atoms with Gasteiger partial charge in [-0.2, -0.15) is 5.10 Å². The maximum absolute atomic E-state index is 6.09. The monoisotopic (exact) mass is 400 g/mol. The molecule has 2 aromatic heterocycles. The lowest BCUT2D eigenvalue weighted by Crippen LogP contribution is -2.36. The highest BCUT2D eigenvalue weighted by molar-refractivity contribution is 5.78. The standard InChI is InChI=1S/C23H24N6O/c1-16-19(3-2-4-20(16)24)22-23-26-21(27-29(23)10-9-25-22)15-17-5-7-18(8-6-17)28-11-13-30-14-12-28/h2-10H,11-15,24H2,1H3. The molecular formula is C23H24N6O. The van der Waals surface area contributed by atoms with Crippen molar-refractivity contribution in [3.05, 3.63) is 71.8 Å². The minimum absolute atomic E-state index is 0.667. The lowest BCUT2D eigenvalue weighted by atomic mass is 10.0. The third-order valence-corrected chi connectivity index (χ3v) is 5.60. The van der Waals surface area contributed by atoms with Gasteiger partial charge in [0.15, 0.2) is 11.5 Å². The molecule has 7 heteroatoms. The van der Waals surface area contributed by atoms with Crippen LogP contribution in [0.15, 0.2) is 54.9 Å². The molecule has 7 nitrogen and oxygen atoms in total. The number of rotatable bonds is 4. The predicted molar refractivity (Wildman–Crippen MR) is 118 cm³/mol. The summed E-state index contributed by atoms with van der Waals surface area (Å²) in [4.78, 5) is 11.7. The Hall–Kier alpha value is -3.45. The fourth-order valence-electron chi connectivity index (χ4n) is 3.87. The number of morpholine rings is 1. The number of hydrogen-bond donors (Lipinski definition) is 1. The van der Waals surface area contributed by atoms with Gasteiger partial charge >= 0.3 is 0 Å². The molecule has 0 aliphatic carbocycles. The fourth-order valence-corrected chi connectivity index (χ4v) is 3.87. The molecule has 1 aliphatic heterocycles. The summed E-state index contributed by atoms with van der Waals surface area (Å²) in [6.45, 7) is 5.45. The number of fused-ring (bicyclic) bond motifs is 1. The summed E-state index contributed by atoms with van der Waals surface area (Å²) in [6, 6.07) is 14.5. The van der Waals surface area contributed by atoms with Crippen molar-refractivity contribution < 1.29 is 4.74 Å². The molecular weight excluding hydrogens is 376 g/mol. The van der Waals surface area contributed by atoms with Crippen molar-refractivity contribution in [1.29, 1.82) is 0 Å². The minimum atomic E-state index is 0.667. The van der Waals surface area contributed by atoms with Gasteiger partial charge in [-0.05, 0) is 36.2 Å². The summed E-state index contributed by atoms with van der Waals surface area (Å²) < 4.78 is 7.23. The third kappa shape index (κ3) is 3.48. The summed E-state index contributed by atoms with van der Waals surface area (Å²) in [7, 11) is 0. The number of aromatic nitrogens is 4. The van der Waals surface area contributed by atoms with Crippen molar-refractivity contribution in [3.8, 4) is 11.3 Å². The van der Waals surface area contributed by atoms with E-state index in [1.807, 2.05) is 31.3 Å². The van der Waals surface area contributed by atoms with Crippen LogP contribution in [0.25, 0.3) is 16.9 Å². The van der Waals surface area contributed by atoms with Crippen molar-refractivity contribution in [3.63, 3.8) is 0 Å². The topological polar surface area (TPSA) is 81.6 Å². The van der Waals surface area contributed by atoms with E-state index in [0.717, 1.165) is 60.3 Å². The molecule has 1 saturated heterocycles. The summed E-state index contributed by atoms with van der Waals surface area (Å²) in [5.41, 5.74) is 12.8. The lowest BCUT2D eigenvalue weighted by Gasteiger charge is -2.28. The van der Waals surface area contributed by atoms with Gasteiger partial charge in [-0.15, -0.1) is 0 Å². The Morgan fingerprint density at radius 1 is 1.07 bits per heavy atom. The Balaban J connectivity index is 1.42. The van der Waals surface area contributed by atoms with Crippen LogP contribution in [0.2, 0.25) is 0 Å². The van der Waals surface area contributed by atoms with Crippen LogP contribution >= 0.6 is 0 Å². The molecule has 0 amide bonds. The first kappa shape index (κ1) is 18.6. The van der Waals surface area contributed by atoms with Gasteiger partial charge in [0.1, 0.15) is 5.69 Å². The van der Waals surface area contributed by atoms with E-state index in [0.29, 0.717) is 6.42 Å². The Morgan fingerprint density at radius 2 is 1.87 bits per heavy atom. The number of benzene rings is 2. The van der Waals surface area contributed by atoms with E-state index >= 15 is 0 Å². The van der Waals surface area contributed by atoms with E-state index in [1.165, 1.54) is 11.3 Å². The average Bonchev–Trinajstić information content (AvgIpc) is 3.19. The van der Waals surface area contributed by atoms with Crippen molar-refractivity contribution in [2.75, 3.05) is 36.9 Å². The molecule has 5 rings (SSSR count). The van der Waals surface area contributed by atoms with Gasteiger partial charge in [-0.3, -0.25) is 4.98 Å². The number of hydrogen-bond acceptors (Lipinski definition) is 6. The summed E-state index contributed by atoms with van der Waals surface area (Å²) in [5.74, 6) is 0.768. The molecule has 0 radical (unpaired) electrons. The van der Waals surface area contributed by atoms with Gasteiger partial charge < -0.3 is 15.4 Å². The van der Waals surface area contributed by atoms with Crippen molar-refractivity contribution >= 4 is 17.0 Å². The molecule has 0 saturated carbocycles. The van der Waals surface area contributed by atoms with Crippen LogP contribution in [-0.2, 0) is 11.2 Å². The molecule has 2 N–H and O–H groups in total. The first-order valence-corrected chi connectivity index (χ1v) is 10.2. The van der Waals surface area contributed by atoms with E-state index in [2.05, 4.69) is 39.2 Å². The number of anilines is 2. The van der Waals surface area contributed by atoms with Gasteiger partial charge in [-0.1, -0.05) is 24.3 Å². The van der Waals surface area contributed by atoms with Gasteiger partial charge in [0.05, 0.1) is 13.2 Å². The van der Waals surface area contributed by atoms with Crippen LogP contribution in [-0.4, -0.2) is 45.9 Å². The molecule has 30 heavy (non-hydrogen) atoms. The SMILES string of the molecule is Cc1c(N)cccc1-c1nccn2nc(Cc3ccc(N4CCOCC4)cc3)nc12. The second-order valence-electron chi connectivity index (χ2n) is 7.53. The molecule has 152 valence electrons. The number of nitrogens with zero attached hydrogens (tertiary/aromatic N) is 5.